The van der Waals surface area contributed by atoms with E-state index in [9.17, 15) is 18.0 Å². The molecule has 2 aliphatic rings. The van der Waals surface area contributed by atoms with E-state index in [0.29, 0.717) is 32.6 Å². The zero-order valence-corrected chi connectivity index (χ0v) is 13.2. The molecule has 3 atom stereocenters. The fourth-order valence-electron chi connectivity index (χ4n) is 3.08. The van der Waals surface area contributed by atoms with Gasteiger partial charge in [0.2, 0.25) is 0 Å². The maximum Gasteiger partial charge on any atom is 0.391 e. The minimum absolute atomic E-state index is 0.0353. The highest BCUT2D eigenvalue weighted by molar-refractivity contribution is 5.74. The van der Waals surface area contributed by atoms with Crippen LogP contribution in [0.1, 0.15) is 38.5 Å². The van der Waals surface area contributed by atoms with E-state index >= 15 is 0 Å². The van der Waals surface area contributed by atoms with Gasteiger partial charge in [0.1, 0.15) is 0 Å². The van der Waals surface area contributed by atoms with Gasteiger partial charge in [0, 0.05) is 19.2 Å². The van der Waals surface area contributed by atoms with Crippen molar-refractivity contribution in [2.75, 3.05) is 26.4 Å². The van der Waals surface area contributed by atoms with E-state index in [1.165, 1.54) is 0 Å². The molecule has 1 aliphatic heterocycles. The lowest BCUT2D eigenvalue weighted by Crippen LogP contribution is -2.46. The van der Waals surface area contributed by atoms with E-state index in [-0.39, 0.29) is 18.9 Å². The highest BCUT2D eigenvalue weighted by Crippen LogP contribution is 2.37. The topological polar surface area (TPSA) is 59.6 Å². The van der Waals surface area contributed by atoms with Gasteiger partial charge in [-0.05, 0) is 32.1 Å². The van der Waals surface area contributed by atoms with Crippen LogP contribution in [0, 0.1) is 5.92 Å². The molecule has 1 aliphatic carbocycles. The van der Waals surface area contributed by atoms with Gasteiger partial charge in [-0.2, -0.15) is 13.2 Å². The standard InChI is InChI=1S/C15H25F3N2O3/c16-15(17,18)11-3-1-4-12(9-11)20-14(21)19-6-8-22-10-13-5-2-7-23-13/h11-13H,1-10H2,(H2,19,20,21)/t11-,12-,13+/m1/s1. The summed E-state index contributed by atoms with van der Waals surface area (Å²) in [6.07, 6.45) is -0.787. The third kappa shape index (κ3) is 6.55. The second kappa shape index (κ2) is 8.73. The van der Waals surface area contributed by atoms with Crippen LogP contribution in [0.2, 0.25) is 0 Å². The molecule has 2 rings (SSSR count). The molecule has 0 aromatic heterocycles. The minimum Gasteiger partial charge on any atom is -0.377 e. The summed E-state index contributed by atoms with van der Waals surface area (Å²) in [7, 11) is 0. The van der Waals surface area contributed by atoms with Crippen molar-refractivity contribution in [3.63, 3.8) is 0 Å². The summed E-state index contributed by atoms with van der Waals surface area (Å²) in [4.78, 5) is 11.7. The molecule has 0 aromatic rings. The lowest BCUT2D eigenvalue weighted by atomic mass is 9.85. The number of halogens is 3. The van der Waals surface area contributed by atoms with Gasteiger partial charge in [-0.1, -0.05) is 6.42 Å². The third-order valence-corrected chi connectivity index (χ3v) is 4.33. The maximum absolute atomic E-state index is 12.7. The Bertz CT molecular complexity index is 373. The smallest absolute Gasteiger partial charge is 0.377 e. The van der Waals surface area contributed by atoms with Gasteiger partial charge in [0.25, 0.3) is 0 Å². The summed E-state index contributed by atoms with van der Waals surface area (Å²) in [5.41, 5.74) is 0. The third-order valence-electron chi connectivity index (χ3n) is 4.33. The summed E-state index contributed by atoms with van der Waals surface area (Å²) < 4.78 is 48.9. The van der Waals surface area contributed by atoms with E-state index in [4.69, 9.17) is 9.47 Å². The van der Waals surface area contributed by atoms with Crippen molar-refractivity contribution in [3.05, 3.63) is 0 Å². The zero-order valence-electron chi connectivity index (χ0n) is 13.2. The molecule has 23 heavy (non-hydrogen) atoms. The van der Waals surface area contributed by atoms with E-state index in [1.54, 1.807) is 0 Å². The van der Waals surface area contributed by atoms with Crippen LogP contribution in [0.4, 0.5) is 18.0 Å². The highest BCUT2D eigenvalue weighted by Gasteiger charge is 2.42. The van der Waals surface area contributed by atoms with Crippen molar-refractivity contribution in [1.82, 2.24) is 10.6 Å². The van der Waals surface area contributed by atoms with Crippen molar-refractivity contribution < 1.29 is 27.4 Å². The Morgan fingerprint density at radius 1 is 1.22 bits per heavy atom. The van der Waals surface area contributed by atoms with Crippen LogP contribution in [-0.4, -0.2) is 50.7 Å². The van der Waals surface area contributed by atoms with Crippen LogP contribution in [0.5, 0.6) is 0 Å². The largest absolute Gasteiger partial charge is 0.391 e. The second-order valence-electron chi connectivity index (χ2n) is 6.21. The number of hydrogen-bond acceptors (Lipinski definition) is 3. The van der Waals surface area contributed by atoms with Crippen LogP contribution < -0.4 is 10.6 Å². The molecule has 8 heteroatoms. The van der Waals surface area contributed by atoms with Gasteiger partial charge < -0.3 is 20.1 Å². The molecule has 2 fully saturated rings. The maximum atomic E-state index is 12.7. The highest BCUT2D eigenvalue weighted by atomic mass is 19.4. The predicted molar refractivity (Wildman–Crippen MR) is 78.1 cm³/mol. The monoisotopic (exact) mass is 338 g/mol. The molecule has 1 saturated heterocycles. The Labute approximate surface area is 134 Å². The van der Waals surface area contributed by atoms with Gasteiger partial charge in [0.05, 0.1) is 25.2 Å². The second-order valence-corrected chi connectivity index (χ2v) is 6.21. The van der Waals surface area contributed by atoms with Gasteiger partial charge in [0.15, 0.2) is 0 Å². The number of urea groups is 1. The van der Waals surface area contributed by atoms with Crippen molar-refractivity contribution in [2.45, 2.75) is 56.8 Å². The first kappa shape index (κ1) is 18.3. The molecule has 0 radical (unpaired) electrons. The summed E-state index contributed by atoms with van der Waals surface area (Å²) >= 11 is 0. The average molecular weight is 338 g/mol. The Hall–Kier alpha value is -1.02. The van der Waals surface area contributed by atoms with Crippen molar-refractivity contribution >= 4 is 6.03 Å². The van der Waals surface area contributed by atoms with Gasteiger partial charge in [-0.25, -0.2) is 4.79 Å². The number of hydrogen-bond donors (Lipinski definition) is 2. The molecule has 0 spiro atoms. The number of carbonyl (C=O) groups excluding carboxylic acids is 1. The van der Waals surface area contributed by atoms with Crippen molar-refractivity contribution in [2.24, 2.45) is 5.92 Å². The number of amides is 2. The first-order chi connectivity index (χ1) is 10.9. The summed E-state index contributed by atoms with van der Waals surface area (Å²) in [6.45, 7) is 1.98. The average Bonchev–Trinajstić information content (AvgIpc) is 2.99. The lowest BCUT2D eigenvalue weighted by molar-refractivity contribution is -0.183. The van der Waals surface area contributed by atoms with E-state index < -0.39 is 24.2 Å². The number of rotatable bonds is 6. The van der Waals surface area contributed by atoms with Gasteiger partial charge in [-0.15, -0.1) is 0 Å². The zero-order chi connectivity index (χ0) is 16.7. The van der Waals surface area contributed by atoms with Gasteiger partial charge >= 0.3 is 12.2 Å². The van der Waals surface area contributed by atoms with Crippen LogP contribution in [0.15, 0.2) is 0 Å². The van der Waals surface area contributed by atoms with Crippen LogP contribution in [0.25, 0.3) is 0 Å². The molecule has 5 nitrogen and oxygen atoms in total. The molecule has 1 saturated carbocycles. The number of nitrogens with one attached hydrogen (secondary N) is 2. The van der Waals surface area contributed by atoms with Crippen molar-refractivity contribution in [1.29, 1.82) is 0 Å². The fourth-order valence-corrected chi connectivity index (χ4v) is 3.08. The van der Waals surface area contributed by atoms with Crippen LogP contribution >= 0.6 is 0 Å². The minimum atomic E-state index is -4.17. The molecule has 1 heterocycles. The molecular formula is C15H25F3N2O3. The number of ether oxygens (including phenoxy) is 2. The molecule has 0 unspecified atom stereocenters. The first-order valence-corrected chi connectivity index (χ1v) is 8.25. The summed E-state index contributed by atoms with van der Waals surface area (Å²) in [5.74, 6) is -1.31. The molecule has 2 amide bonds. The Kier molecular flexibility index (Phi) is 6.95. The summed E-state index contributed by atoms with van der Waals surface area (Å²) in [6, 6.07) is -0.846. The molecule has 0 aromatic carbocycles. The number of carbonyl (C=O) groups is 1. The molecule has 0 bridgehead atoms. The van der Waals surface area contributed by atoms with Crippen LogP contribution in [-0.2, 0) is 9.47 Å². The SMILES string of the molecule is O=C(NCCOC[C@@H]1CCCO1)N[C@@H]1CCC[C@@H](C(F)(F)F)C1. The molecule has 2 N–H and O–H groups in total. The summed E-state index contributed by atoms with van der Waals surface area (Å²) in [5, 5.41) is 5.23. The molecule has 134 valence electrons. The van der Waals surface area contributed by atoms with Crippen molar-refractivity contribution in [3.8, 4) is 0 Å². The first-order valence-electron chi connectivity index (χ1n) is 8.25. The fraction of sp³-hybridized carbons (Fsp3) is 0.933. The van der Waals surface area contributed by atoms with E-state index in [0.717, 1.165) is 19.4 Å². The Morgan fingerprint density at radius 2 is 2.04 bits per heavy atom. The van der Waals surface area contributed by atoms with E-state index in [1.807, 2.05) is 0 Å². The molecular weight excluding hydrogens is 313 g/mol. The Balaban J connectivity index is 1.55. The normalized spacial score (nSPS) is 28.6. The van der Waals surface area contributed by atoms with Gasteiger partial charge in [-0.3, -0.25) is 0 Å². The quantitative estimate of drug-likeness (QED) is 0.732. The van der Waals surface area contributed by atoms with E-state index in [2.05, 4.69) is 10.6 Å². The predicted octanol–water partition coefficient (Wildman–Crippen LogP) is 2.60. The Morgan fingerprint density at radius 3 is 2.74 bits per heavy atom. The number of alkyl halides is 3. The van der Waals surface area contributed by atoms with Crippen LogP contribution in [0.3, 0.4) is 0 Å². The lowest BCUT2D eigenvalue weighted by Gasteiger charge is -2.31.